The molecule has 0 aliphatic carbocycles. The summed E-state index contributed by atoms with van der Waals surface area (Å²) in [7, 11) is 4.14. The number of aryl methyl sites for hydroxylation is 1. The maximum atomic E-state index is 14.0. The molecular formula is C20H27FN2. The Morgan fingerprint density at radius 2 is 1.61 bits per heavy atom. The lowest BCUT2D eigenvalue weighted by molar-refractivity contribution is 0.223. The predicted molar refractivity (Wildman–Crippen MR) is 94.9 cm³/mol. The minimum atomic E-state index is -0.121. The van der Waals surface area contributed by atoms with Crippen LogP contribution in [0.1, 0.15) is 23.6 Å². The van der Waals surface area contributed by atoms with Crippen LogP contribution < -0.4 is 0 Å². The first kappa shape index (κ1) is 17.6. The van der Waals surface area contributed by atoms with Crippen LogP contribution >= 0.6 is 0 Å². The van der Waals surface area contributed by atoms with Crippen molar-refractivity contribution in [3.8, 4) is 0 Å². The summed E-state index contributed by atoms with van der Waals surface area (Å²) in [5.74, 6) is -0.121. The van der Waals surface area contributed by atoms with E-state index in [1.165, 1.54) is 17.2 Å². The molecule has 0 saturated heterocycles. The van der Waals surface area contributed by atoms with Gasteiger partial charge in [0.05, 0.1) is 0 Å². The van der Waals surface area contributed by atoms with Gasteiger partial charge in [-0.1, -0.05) is 49.4 Å². The Hall–Kier alpha value is -1.71. The van der Waals surface area contributed by atoms with E-state index in [1.54, 1.807) is 6.07 Å². The maximum absolute atomic E-state index is 14.0. The van der Waals surface area contributed by atoms with Gasteiger partial charge in [0.2, 0.25) is 0 Å². The highest BCUT2D eigenvalue weighted by Crippen LogP contribution is 2.14. The second-order valence-corrected chi connectivity index (χ2v) is 6.28. The van der Waals surface area contributed by atoms with Gasteiger partial charge in [-0.2, -0.15) is 0 Å². The zero-order valence-electron chi connectivity index (χ0n) is 14.4. The highest BCUT2D eigenvalue weighted by molar-refractivity contribution is 5.24. The number of hydrogen-bond acceptors (Lipinski definition) is 2. The minimum Gasteiger partial charge on any atom is -0.308 e. The summed E-state index contributed by atoms with van der Waals surface area (Å²) >= 11 is 0. The summed E-state index contributed by atoms with van der Waals surface area (Å²) < 4.78 is 14.0. The lowest BCUT2D eigenvalue weighted by Gasteiger charge is -2.24. The Labute approximate surface area is 139 Å². The van der Waals surface area contributed by atoms with Crippen molar-refractivity contribution < 1.29 is 4.39 Å². The fourth-order valence-electron chi connectivity index (χ4n) is 2.63. The molecule has 0 atom stereocenters. The fraction of sp³-hybridized carbons (Fsp3) is 0.400. The van der Waals surface area contributed by atoms with Crippen LogP contribution in [0.5, 0.6) is 0 Å². The molecular weight excluding hydrogens is 287 g/mol. The number of nitrogens with zero attached hydrogens (tertiary/aromatic N) is 2. The van der Waals surface area contributed by atoms with Gasteiger partial charge in [-0.05, 0) is 37.7 Å². The Morgan fingerprint density at radius 1 is 0.870 bits per heavy atom. The predicted octanol–water partition coefficient (Wildman–Crippen LogP) is 3.95. The molecule has 124 valence electrons. The summed E-state index contributed by atoms with van der Waals surface area (Å²) in [6.07, 6.45) is 1.04. The van der Waals surface area contributed by atoms with E-state index in [9.17, 15) is 4.39 Å². The molecule has 2 nitrogen and oxygen atoms in total. The molecule has 2 aromatic rings. The van der Waals surface area contributed by atoms with Crippen LogP contribution in [0.3, 0.4) is 0 Å². The van der Waals surface area contributed by atoms with E-state index in [4.69, 9.17) is 0 Å². The van der Waals surface area contributed by atoms with Crippen molar-refractivity contribution in [1.29, 1.82) is 0 Å². The van der Waals surface area contributed by atoms with E-state index in [-0.39, 0.29) is 5.82 Å². The average molecular weight is 314 g/mol. The van der Waals surface area contributed by atoms with E-state index >= 15 is 0 Å². The third-order valence-corrected chi connectivity index (χ3v) is 4.02. The lowest BCUT2D eigenvalue weighted by atomic mass is 10.1. The van der Waals surface area contributed by atoms with Crippen LogP contribution in [0, 0.1) is 5.82 Å². The molecule has 3 heteroatoms. The minimum absolute atomic E-state index is 0.121. The molecule has 0 spiro atoms. The highest BCUT2D eigenvalue weighted by atomic mass is 19.1. The molecule has 2 rings (SSSR count). The van der Waals surface area contributed by atoms with Crippen molar-refractivity contribution in [3.05, 3.63) is 71.0 Å². The smallest absolute Gasteiger partial charge is 0.127 e. The molecule has 2 aromatic carbocycles. The van der Waals surface area contributed by atoms with E-state index in [1.807, 2.05) is 12.1 Å². The van der Waals surface area contributed by atoms with Crippen molar-refractivity contribution >= 4 is 0 Å². The number of benzene rings is 2. The van der Waals surface area contributed by atoms with Gasteiger partial charge in [-0.15, -0.1) is 0 Å². The molecule has 0 N–H and O–H groups in total. The Bertz CT molecular complexity index is 610. The van der Waals surface area contributed by atoms with Crippen LogP contribution in [-0.4, -0.2) is 37.0 Å². The summed E-state index contributed by atoms with van der Waals surface area (Å²) in [5.41, 5.74) is 3.40. The number of hydrogen-bond donors (Lipinski definition) is 0. The van der Waals surface area contributed by atoms with Gasteiger partial charge in [0, 0.05) is 31.7 Å². The van der Waals surface area contributed by atoms with Gasteiger partial charge in [0.25, 0.3) is 0 Å². The fourth-order valence-corrected chi connectivity index (χ4v) is 2.63. The SMILES string of the molecule is CCc1cccc(CN(CCN(C)C)Cc2ccccc2F)c1. The summed E-state index contributed by atoms with van der Waals surface area (Å²) in [6.45, 7) is 5.52. The monoisotopic (exact) mass is 314 g/mol. The second-order valence-electron chi connectivity index (χ2n) is 6.28. The van der Waals surface area contributed by atoms with E-state index in [0.29, 0.717) is 6.54 Å². The Kier molecular flexibility index (Phi) is 6.75. The van der Waals surface area contributed by atoms with Crippen LogP contribution in [0.2, 0.25) is 0 Å². The molecule has 0 bridgehead atoms. The normalized spacial score (nSPS) is 11.4. The number of rotatable bonds is 8. The van der Waals surface area contributed by atoms with Gasteiger partial charge in [-0.3, -0.25) is 4.90 Å². The number of likely N-dealkylation sites (N-methyl/N-ethyl adjacent to an activating group) is 1. The largest absolute Gasteiger partial charge is 0.308 e. The van der Waals surface area contributed by atoms with Gasteiger partial charge in [-0.25, -0.2) is 4.39 Å². The molecule has 0 aliphatic heterocycles. The van der Waals surface area contributed by atoms with Crippen molar-refractivity contribution in [2.75, 3.05) is 27.2 Å². The van der Waals surface area contributed by atoms with Gasteiger partial charge >= 0.3 is 0 Å². The summed E-state index contributed by atoms with van der Waals surface area (Å²) in [4.78, 5) is 4.48. The molecule has 0 radical (unpaired) electrons. The molecule has 0 amide bonds. The van der Waals surface area contributed by atoms with Gasteiger partial charge < -0.3 is 4.90 Å². The zero-order chi connectivity index (χ0) is 16.7. The van der Waals surface area contributed by atoms with Crippen LogP contribution in [0.4, 0.5) is 4.39 Å². The van der Waals surface area contributed by atoms with E-state index < -0.39 is 0 Å². The molecule has 0 aromatic heterocycles. The first-order valence-electron chi connectivity index (χ1n) is 8.26. The summed E-state index contributed by atoms with van der Waals surface area (Å²) in [6, 6.07) is 15.7. The van der Waals surface area contributed by atoms with Crippen molar-refractivity contribution in [2.45, 2.75) is 26.4 Å². The Balaban J connectivity index is 2.11. The van der Waals surface area contributed by atoms with E-state index in [0.717, 1.165) is 31.6 Å². The second kappa shape index (κ2) is 8.80. The first-order valence-corrected chi connectivity index (χ1v) is 8.26. The molecule has 0 heterocycles. The van der Waals surface area contributed by atoms with Crippen molar-refractivity contribution in [2.24, 2.45) is 0 Å². The average Bonchev–Trinajstić information content (AvgIpc) is 2.55. The lowest BCUT2D eigenvalue weighted by Crippen LogP contribution is -2.31. The maximum Gasteiger partial charge on any atom is 0.127 e. The van der Waals surface area contributed by atoms with Crippen LogP contribution in [0.25, 0.3) is 0 Å². The third-order valence-electron chi connectivity index (χ3n) is 4.02. The molecule has 0 fully saturated rings. The van der Waals surface area contributed by atoms with Crippen LogP contribution in [-0.2, 0) is 19.5 Å². The standard InChI is InChI=1S/C20H27FN2/c1-4-17-8-7-9-18(14-17)15-23(13-12-22(2)3)16-19-10-5-6-11-20(19)21/h5-11,14H,4,12-13,15-16H2,1-3H3. The Morgan fingerprint density at radius 3 is 2.30 bits per heavy atom. The van der Waals surface area contributed by atoms with Crippen LogP contribution in [0.15, 0.2) is 48.5 Å². The molecule has 0 unspecified atom stereocenters. The van der Waals surface area contributed by atoms with Crippen molar-refractivity contribution in [3.63, 3.8) is 0 Å². The molecule has 0 aliphatic rings. The summed E-state index contributed by atoms with van der Waals surface area (Å²) in [5, 5.41) is 0. The zero-order valence-corrected chi connectivity index (χ0v) is 14.4. The topological polar surface area (TPSA) is 6.48 Å². The van der Waals surface area contributed by atoms with Gasteiger partial charge in [0.1, 0.15) is 5.82 Å². The first-order chi connectivity index (χ1) is 11.1. The van der Waals surface area contributed by atoms with Crippen molar-refractivity contribution in [1.82, 2.24) is 9.80 Å². The number of halogens is 1. The van der Waals surface area contributed by atoms with E-state index in [2.05, 4.69) is 55.1 Å². The molecule has 0 saturated carbocycles. The van der Waals surface area contributed by atoms with Gasteiger partial charge in [0.15, 0.2) is 0 Å². The molecule has 23 heavy (non-hydrogen) atoms. The quantitative estimate of drug-likeness (QED) is 0.728. The highest BCUT2D eigenvalue weighted by Gasteiger charge is 2.10. The third kappa shape index (κ3) is 5.77.